The molecule has 1 rings (SSSR count). The monoisotopic (exact) mass is 228 g/mol. The van der Waals surface area contributed by atoms with Gasteiger partial charge < -0.3 is 15.4 Å². The summed E-state index contributed by atoms with van der Waals surface area (Å²) in [6.45, 7) is 5.49. The summed E-state index contributed by atoms with van der Waals surface area (Å²) in [5.41, 5.74) is 0.413. The number of hydrogen-bond donors (Lipinski definition) is 2. The number of amides is 2. The van der Waals surface area contributed by atoms with E-state index in [0.717, 1.165) is 6.54 Å². The zero-order valence-electron chi connectivity index (χ0n) is 10.6. The first-order valence-electron chi connectivity index (χ1n) is 6.15. The van der Waals surface area contributed by atoms with E-state index in [0.29, 0.717) is 12.0 Å². The van der Waals surface area contributed by atoms with Gasteiger partial charge in [0.2, 0.25) is 0 Å². The molecule has 0 bridgehead atoms. The van der Waals surface area contributed by atoms with Crippen molar-refractivity contribution >= 4 is 6.03 Å². The van der Waals surface area contributed by atoms with E-state index in [9.17, 15) is 4.79 Å². The number of hydrogen-bond acceptors (Lipinski definition) is 2. The highest BCUT2D eigenvalue weighted by Crippen LogP contribution is 2.48. The van der Waals surface area contributed by atoms with Crippen molar-refractivity contribution in [3.63, 3.8) is 0 Å². The van der Waals surface area contributed by atoms with Crippen molar-refractivity contribution in [1.82, 2.24) is 10.6 Å². The summed E-state index contributed by atoms with van der Waals surface area (Å²) in [5.74, 6) is 0. The molecule has 0 radical (unpaired) electrons. The molecular formula is C12H24N2O2. The summed E-state index contributed by atoms with van der Waals surface area (Å²) in [5, 5.41) is 5.80. The summed E-state index contributed by atoms with van der Waals surface area (Å²) < 4.78 is 4.96. The third-order valence-electron chi connectivity index (χ3n) is 3.16. The zero-order chi connectivity index (χ0) is 12.0. The van der Waals surface area contributed by atoms with Crippen molar-refractivity contribution < 1.29 is 9.53 Å². The van der Waals surface area contributed by atoms with Crippen molar-refractivity contribution in [3.05, 3.63) is 0 Å². The number of methoxy groups -OCH3 is 1. The maximum Gasteiger partial charge on any atom is 0.315 e. The van der Waals surface area contributed by atoms with Crippen LogP contribution in [0.2, 0.25) is 0 Å². The Morgan fingerprint density at radius 2 is 2.19 bits per heavy atom. The molecule has 0 aliphatic heterocycles. The minimum atomic E-state index is -0.0769. The summed E-state index contributed by atoms with van der Waals surface area (Å²) in [6.07, 6.45) is 4.94. The van der Waals surface area contributed by atoms with Crippen molar-refractivity contribution in [1.29, 1.82) is 0 Å². The van der Waals surface area contributed by atoms with Gasteiger partial charge in [-0.25, -0.2) is 4.79 Å². The van der Waals surface area contributed by atoms with Crippen LogP contribution in [0.3, 0.4) is 0 Å². The Bertz CT molecular complexity index is 227. The average Bonchev–Trinajstić information content (AvgIpc) is 2.97. The molecule has 0 aromatic carbocycles. The fraction of sp³-hybridized carbons (Fsp3) is 0.917. The molecule has 1 atom stereocenters. The van der Waals surface area contributed by atoms with Gasteiger partial charge in [-0.2, -0.15) is 0 Å². The summed E-state index contributed by atoms with van der Waals surface area (Å²) >= 11 is 0. The Labute approximate surface area is 98.1 Å². The molecule has 1 fully saturated rings. The van der Waals surface area contributed by atoms with Crippen molar-refractivity contribution in [2.75, 3.05) is 20.3 Å². The van der Waals surface area contributed by atoms with E-state index >= 15 is 0 Å². The number of carbonyl (C=O) groups is 1. The minimum absolute atomic E-state index is 0.0614. The molecule has 2 amide bonds. The summed E-state index contributed by atoms with van der Waals surface area (Å²) in [7, 11) is 1.64. The van der Waals surface area contributed by atoms with Crippen molar-refractivity contribution in [2.24, 2.45) is 5.41 Å². The standard InChI is InChI=1S/C12H24N2O2/c1-4-5-12(6-7-12)9-13-11(15)14-10(2)8-16-3/h10H,4-9H2,1-3H3,(H2,13,14,15)/t10-/m1/s1. The molecular weight excluding hydrogens is 204 g/mol. The Kier molecular flexibility index (Phi) is 5.06. The van der Waals surface area contributed by atoms with E-state index in [-0.39, 0.29) is 12.1 Å². The molecule has 4 heteroatoms. The summed E-state index contributed by atoms with van der Waals surface area (Å²) in [6, 6.07) is -0.0155. The molecule has 16 heavy (non-hydrogen) atoms. The zero-order valence-corrected chi connectivity index (χ0v) is 10.6. The lowest BCUT2D eigenvalue weighted by Gasteiger charge is -2.17. The van der Waals surface area contributed by atoms with Gasteiger partial charge in [0.1, 0.15) is 0 Å². The lowest BCUT2D eigenvalue weighted by molar-refractivity contribution is 0.170. The quantitative estimate of drug-likeness (QED) is 0.699. The number of nitrogens with one attached hydrogen (secondary N) is 2. The number of rotatable bonds is 7. The predicted octanol–water partition coefficient (Wildman–Crippen LogP) is 1.90. The lowest BCUT2D eigenvalue weighted by Crippen LogP contribution is -2.44. The fourth-order valence-corrected chi connectivity index (χ4v) is 2.06. The maximum absolute atomic E-state index is 11.5. The minimum Gasteiger partial charge on any atom is -0.383 e. The molecule has 1 aliphatic carbocycles. The topological polar surface area (TPSA) is 50.4 Å². The van der Waals surface area contributed by atoms with Gasteiger partial charge >= 0.3 is 6.03 Å². The SMILES string of the molecule is CCCC1(CNC(=O)N[C@H](C)COC)CC1. The van der Waals surface area contributed by atoms with E-state index in [1.807, 2.05) is 6.92 Å². The third kappa shape index (κ3) is 4.39. The van der Waals surface area contributed by atoms with E-state index in [2.05, 4.69) is 17.6 Å². The highest BCUT2D eigenvalue weighted by molar-refractivity contribution is 5.74. The molecule has 0 aromatic heterocycles. The first-order valence-corrected chi connectivity index (χ1v) is 6.15. The highest BCUT2D eigenvalue weighted by Gasteiger charge is 2.41. The molecule has 0 saturated heterocycles. The Morgan fingerprint density at radius 3 is 2.69 bits per heavy atom. The predicted molar refractivity (Wildman–Crippen MR) is 64.4 cm³/mol. The van der Waals surface area contributed by atoms with Gasteiger partial charge in [0, 0.05) is 13.7 Å². The van der Waals surface area contributed by atoms with Crippen LogP contribution < -0.4 is 10.6 Å². The van der Waals surface area contributed by atoms with E-state index in [4.69, 9.17) is 4.74 Å². The second kappa shape index (κ2) is 6.09. The van der Waals surface area contributed by atoms with Gasteiger partial charge in [-0.3, -0.25) is 0 Å². The smallest absolute Gasteiger partial charge is 0.315 e. The fourth-order valence-electron chi connectivity index (χ4n) is 2.06. The van der Waals surface area contributed by atoms with Gasteiger partial charge in [0.05, 0.1) is 12.6 Å². The van der Waals surface area contributed by atoms with Crippen LogP contribution in [0.5, 0.6) is 0 Å². The molecule has 0 aromatic rings. The molecule has 0 unspecified atom stereocenters. The first-order chi connectivity index (χ1) is 7.62. The summed E-state index contributed by atoms with van der Waals surface area (Å²) in [4.78, 5) is 11.5. The highest BCUT2D eigenvalue weighted by atomic mass is 16.5. The van der Waals surface area contributed by atoms with E-state index in [1.54, 1.807) is 7.11 Å². The molecule has 1 saturated carbocycles. The van der Waals surface area contributed by atoms with Gasteiger partial charge in [-0.15, -0.1) is 0 Å². The second-order valence-corrected chi connectivity index (χ2v) is 4.93. The molecule has 0 spiro atoms. The number of ether oxygens (including phenoxy) is 1. The van der Waals surface area contributed by atoms with E-state index < -0.39 is 0 Å². The molecule has 94 valence electrons. The van der Waals surface area contributed by atoms with E-state index in [1.165, 1.54) is 25.7 Å². The van der Waals surface area contributed by atoms with Crippen LogP contribution in [0.1, 0.15) is 39.5 Å². The van der Waals surface area contributed by atoms with Crippen LogP contribution in [-0.4, -0.2) is 32.3 Å². The largest absolute Gasteiger partial charge is 0.383 e. The number of carbonyl (C=O) groups excluding carboxylic acids is 1. The molecule has 4 nitrogen and oxygen atoms in total. The second-order valence-electron chi connectivity index (χ2n) is 4.93. The van der Waals surface area contributed by atoms with Crippen LogP contribution >= 0.6 is 0 Å². The van der Waals surface area contributed by atoms with Crippen molar-refractivity contribution in [3.8, 4) is 0 Å². The Balaban J connectivity index is 2.15. The molecule has 2 N–H and O–H groups in total. The lowest BCUT2D eigenvalue weighted by atomic mass is 10.0. The maximum atomic E-state index is 11.5. The first kappa shape index (κ1) is 13.3. The van der Waals surface area contributed by atoms with Crippen LogP contribution in [0.4, 0.5) is 4.79 Å². The van der Waals surface area contributed by atoms with Crippen LogP contribution in [-0.2, 0) is 4.74 Å². The molecule has 1 aliphatic rings. The Hall–Kier alpha value is -0.770. The third-order valence-corrected chi connectivity index (χ3v) is 3.16. The Morgan fingerprint density at radius 1 is 1.50 bits per heavy atom. The number of urea groups is 1. The van der Waals surface area contributed by atoms with Gasteiger partial charge in [-0.05, 0) is 31.6 Å². The van der Waals surface area contributed by atoms with Crippen LogP contribution in [0.25, 0.3) is 0 Å². The van der Waals surface area contributed by atoms with Gasteiger partial charge in [0.15, 0.2) is 0 Å². The normalized spacial score (nSPS) is 18.9. The van der Waals surface area contributed by atoms with Crippen molar-refractivity contribution in [2.45, 2.75) is 45.6 Å². The van der Waals surface area contributed by atoms with Crippen LogP contribution in [0.15, 0.2) is 0 Å². The van der Waals surface area contributed by atoms with Gasteiger partial charge in [-0.1, -0.05) is 13.3 Å². The van der Waals surface area contributed by atoms with Gasteiger partial charge in [0.25, 0.3) is 0 Å². The van der Waals surface area contributed by atoms with Crippen LogP contribution in [0, 0.1) is 5.41 Å². The average molecular weight is 228 g/mol. The molecule has 0 heterocycles.